The maximum Gasteiger partial charge on any atom is 0.177 e. The Hall–Kier alpha value is -1.89. The summed E-state index contributed by atoms with van der Waals surface area (Å²) >= 11 is 2.53. The monoisotopic (exact) mass is 446 g/mol. The van der Waals surface area contributed by atoms with E-state index in [1.807, 2.05) is 36.4 Å². The Morgan fingerprint density at radius 2 is 1.76 bits per heavy atom. The second kappa shape index (κ2) is 7.56. The average molecular weight is 446 g/mol. The van der Waals surface area contributed by atoms with Crippen LogP contribution in [0.15, 0.2) is 59.3 Å². The fourth-order valence-corrected chi connectivity index (χ4v) is 3.91. The second-order valence-electron chi connectivity index (χ2n) is 6.35. The van der Waals surface area contributed by atoms with Crippen LogP contribution in [0.1, 0.15) is 31.2 Å². The summed E-state index contributed by atoms with van der Waals surface area (Å²) in [5, 5.41) is 8.07. The lowest BCUT2D eigenvalue weighted by molar-refractivity contribution is 0.160. The van der Waals surface area contributed by atoms with Gasteiger partial charge in [-0.2, -0.15) is 0 Å². The largest absolute Gasteiger partial charge is 0.488 e. The number of nitrogens with zero attached hydrogens (tertiary/aromatic N) is 2. The molecule has 2 aliphatic carbocycles. The van der Waals surface area contributed by atoms with Crippen molar-refractivity contribution >= 4 is 39.2 Å². The highest BCUT2D eigenvalue weighted by Crippen LogP contribution is 2.33. The van der Waals surface area contributed by atoms with Crippen molar-refractivity contribution in [2.24, 2.45) is 0 Å². The van der Waals surface area contributed by atoms with Crippen LogP contribution in [-0.4, -0.2) is 20.3 Å². The molecule has 25 heavy (non-hydrogen) atoms. The number of allylic oxidation sites excluding steroid dienone is 8. The van der Waals surface area contributed by atoms with E-state index in [0.717, 1.165) is 39.2 Å². The minimum atomic E-state index is 0.242. The Kier molecular flexibility index (Phi) is 5.01. The highest BCUT2D eigenvalue weighted by molar-refractivity contribution is 14.1. The number of halogens is 1. The van der Waals surface area contributed by atoms with Gasteiger partial charge in [-0.25, -0.2) is 4.63 Å². The number of aromatic nitrogens is 2. The Bertz CT molecular complexity index is 871. The van der Waals surface area contributed by atoms with Crippen molar-refractivity contribution < 1.29 is 9.37 Å². The molecule has 5 heteroatoms. The fraction of sp³-hybridized carbons (Fsp3) is 0.300. The van der Waals surface area contributed by atoms with Gasteiger partial charge in [0.05, 0.1) is 6.10 Å². The number of rotatable bonds is 3. The van der Waals surface area contributed by atoms with Crippen LogP contribution in [0.4, 0.5) is 0 Å². The van der Waals surface area contributed by atoms with Crippen LogP contribution in [0.2, 0.25) is 0 Å². The third-order valence-electron chi connectivity index (χ3n) is 4.55. The summed E-state index contributed by atoms with van der Waals surface area (Å²) in [6.45, 7) is 0. The molecule has 0 radical (unpaired) electrons. The summed E-state index contributed by atoms with van der Waals surface area (Å²) in [7, 11) is 0. The van der Waals surface area contributed by atoms with E-state index in [4.69, 9.17) is 9.37 Å². The lowest BCUT2D eigenvalue weighted by Crippen LogP contribution is -2.24. The van der Waals surface area contributed by atoms with Crippen molar-refractivity contribution in [1.29, 1.82) is 0 Å². The van der Waals surface area contributed by atoms with Gasteiger partial charge >= 0.3 is 0 Å². The van der Waals surface area contributed by atoms with E-state index in [2.05, 4.69) is 51.1 Å². The number of fused-ring (bicyclic) bond motifs is 1. The molecule has 1 heterocycles. The normalized spacial score (nSPS) is 29.2. The topological polar surface area (TPSA) is 48.2 Å². The lowest BCUT2D eigenvalue weighted by atomic mass is 9.97. The molecule has 0 atom stereocenters. The number of hydrogen-bond donors (Lipinski definition) is 0. The molecule has 2 aromatic rings. The van der Waals surface area contributed by atoms with E-state index in [0.29, 0.717) is 5.52 Å². The molecule has 0 unspecified atom stereocenters. The first-order valence-corrected chi connectivity index (χ1v) is 9.83. The van der Waals surface area contributed by atoms with Crippen molar-refractivity contribution in [2.75, 3.05) is 0 Å². The Balaban J connectivity index is 1.67. The molecular formula is C20H19IN2O2. The van der Waals surface area contributed by atoms with E-state index in [1.54, 1.807) is 0 Å². The lowest BCUT2D eigenvalue weighted by Gasteiger charge is -2.26. The van der Waals surface area contributed by atoms with E-state index >= 15 is 0 Å². The second-order valence-corrected chi connectivity index (χ2v) is 8.11. The molecule has 2 aliphatic rings. The molecule has 0 spiro atoms. The predicted molar refractivity (Wildman–Crippen MR) is 108 cm³/mol. The number of alkyl halides is 1. The third kappa shape index (κ3) is 3.86. The molecule has 1 fully saturated rings. The summed E-state index contributed by atoms with van der Waals surface area (Å²) in [6, 6.07) is 4.05. The van der Waals surface area contributed by atoms with Crippen LogP contribution < -0.4 is 4.74 Å². The predicted octanol–water partition coefficient (Wildman–Crippen LogP) is 5.41. The van der Waals surface area contributed by atoms with Crippen molar-refractivity contribution in [3.05, 3.63) is 60.2 Å². The molecule has 4 rings (SSSR count). The minimum Gasteiger partial charge on any atom is -0.488 e. The van der Waals surface area contributed by atoms with Crippen molar-refractivity contribution in [3.8, 4) is 5.75 Å². The first-order chi connectivity index (χ1) is 12.3. The summed E-state index contributed by atoms with van der Waals surface area (Å²) < 4.78 is 12.0. The summed E-state index contributed by atoms with van der Waals surface area (Å²) in [4.78, 5) is 0. The number of hydrogen-bond acceptors (Lipinski definition) is 4. The molecule has 1 saturated carbocycles. The SMILES string of the molecule is IC1CCC(Oc2cc(C3=C/C=C\C=C/C=C\3)cc3nonc23)CC1. The molecule has 1 aromatic heterocycles. The molecule has 1 aromatic carbocycles. The van der Waals surface area contributed by atoms with Crippen molar-refractivity contribution in [3.63, 3.8) is 0 Å². The van der Waals surface area contributed by atoms with E-state index in [1.165, 1.54) is 12.8 Å². The Labute approximate surface area is 160 Å². The summed E-state index contributed by atoms with van der Waals surface area (Å²) in [5.41, 5.74) is 3.58. The number of benzene rings is 1. The van der Waals surface area contributed by atoms with Gasteiger partial charge in [-0.3, -0.25) is 0 Å². The van der Waals surface area contributed by atoms with Crippen LogP contribution in [0.3, 0.4) is 0 Å². The smallest absolute Gasteiger partial charge is 0.177 e. The molecule has 0 amide bonds. The fourth-order valence-electron chi connectivity index (χ4n) is 3.19. The molecule has 128 valence electrons. The van der Waals surface area contributed by atoms with E-state index < -0.39 is 0 Å². The van der Waals surface area contributed by atoms with E-state index in [9.17, 15) is 0 Å². The maximum absolute atomic E-state index is 6.31. The van der Waals surface area contributed by atoms with Gasteiger partial charge in [0.15, 0.2) is 11.3 Å². The molecular weight excluding hydrogens is 427 g/mol. The van der Waals surface area contributed by atoms with Crippen molar-refractivity contribution in [1.82, 2.24) is 10.3 Å². The van der Waals surface area contributed by atoms with Crippen LogP contribution in [0, 0.1) is 0 Å². The van der Waals surface area contributed by atoms with Gasteiger partial charge in [0.2, 0.25) is 0 Å². The van der Waals surface area contributed by atoms with Crippen LogP contribution in [0.5, 0.6) is 5.75 Å². The average Bonchev–Trinajstić information content (AvgIpc) is 3.05. The zero-order valence-electron chi connectivity index (χ0n) is 13.8. The van der Waals surface area contributed by atoms with E-state index in [-0.39, 0.29) is 6.10 Å². The summed E-state index contributed by atoms with van der Waals surface area (Å²) in [6.07, 6.45) is 19.1. The molecule has 4 nitrogen and oxygen atoms in total. The van der Waals surface area contributed by atoms with Gasteiger partial charge in [0.1, 0.15) is 5.52 Å². The molecule has 0 N–H and O–H groups in total. The molecule has 0 saturated heterocycles. The van der Waals surface area contributed by atoms with Gasteiger partial charge in [-0.15, -0.1) is 0 Å². The van der Waals surface area contributed by atoms with Gasteiger partial charge in [-0.1, -0.05) is 65.1 Å². The quantitative estimate of drug-likeness (QED) is 0.467. The standard InChI is InChI=1S/C20H19IN2O2/c21-16-8-10-17(11-9-16)24-19-13-15(12-18-20(19)23-25-22-18)14-6-4-2-1-3-5-7-14/h1-7,12-13,16-17H,8-11H2/b2-1-,3-1?,4-2?,5-3-,6-4-,7-5?,14-6?,14-7+. The number of ether oxygens (including phenoxy) is 1. The molecule has 0 bridgehead atoms. The minimum absolute atomic E-state index is 0.242. The van der Waals surface area contributed by atoms with Gasteiger partial charge in [0.25, 0.3) is 0 Å². The first-order valence-electron chi connectivity index (χ1n) is 8.59. The van der Waals surface area contributed by atoms with Gasteiger partial charge in [-0.05, 0) is 59.3 Å². The van der Waals surface area contributed by atoms with Crippen LogP contribution >= 0.6 is 22.6 Å². The maximum atomic E-state index is 6.31. The zero-order chi connectivity index (χ0) is 17.1. The van der Waals surface area contributed by atoms with Gasteiger partial charge in [0, 0.05) is 3.92 Å². The zero-order valence-corrected chi connectivity index (χ0v) is 15.9. The summed E-state index contributed by atoms with van der Waals surface area (Å²) in [5.74, 6) is 0.765. The Morgan fingerprint density at radius 1 is 0.960 bits per heavy atom. The highest BCUT2D eigenvalue weighted by Gasteiger charge is 2.22. The highest BCUT2D eigenvalue weighted by atomic mass is 127. The van der Waals surface area contributed by atoms with Crippen LogP contribution in [-0.2, 0) is 0 Å². The molecule has 0 aliphatic heterocycles. The third-order valence-corrected chi connectivity index (χ3v) is 5.80. The van der Waals surface area contributed by atoms with Crippen LogP contribution in [0.25, 0.3) is 16.6 Å². The first kappa shape index (κ1) is 16.6. The van der Waals surface area contributed by atoms with Gasteiger partial charge < -0.3 is 4.74 Å². The van der Waals surface area contributed by atoms with Crippen molar-refractivity contribution in [2.45, 2.75) is 35.7 Å². The Morgan fingerprint density at radius 3 is 2.64 bits per heavy atom.